The zero-order valence-electron chi connectivity index (χ0n) is 21.8. The van der Waals surface area contributed by atoms with Crippen molar-refractivity contribution in [2.24, 2.45) is 4.99 Å². The Labute approximate surface area is 244 Å². The van der Waals surface area contributed by atoms with Crippen molar-refractivity contribution in [1.82, 2.24) is 4.57 Å². The third kappa shape index (κ3) is 5.91. The third-order valence-electron chi connectivity index (χ3n) is 6.41. The number of allylic oxidation sites excluding steroid dienone is 1. The molecule has 0 fully saturated rings. The number of nitrogens with zero attached hydrogens (tertiary/aromatic N) is 2. The number of fused-ring (bicyclic) bond motifs is 1. The molecule has 1 atom stereocenters. The molecular weight excluding hydrogens is 623 g/mol. The van der Waals surface area contributed by atoms with Gasteiger partial charge in [-0.2, -0.15) is 0 Å². The van der Waals surface area contributed by atoms with E-state index in [1.807, 2.05) is 61.5 Å². The molecule has 2 heterocycles. The molecule has 8 heteroatoms. The molecule has 0 radical (unpaired) electrons. The molecule has 0 aliphatic carbocycles. The van der Waals surface area contributed by atoms with Gasteiger partial charge in [-0.1, -0.05) is 65.4 Å². The van der Waals surface area contributed by atoms with Gasteiger partial charge in [0.25, 0.3) is 5.56 Å². The molecule has 3 aromatic carbocycles. The van der Waals surface area contributed by atoms with Gasteiger partial charge in [-0.15, -0.1) is 0 Å². The molecular formula is C31H27IN2O4S. The van der Waals surface area contributed by atoms with Crippen LogP contribution in [-0.4, -0.2) is 17.1 Å². The van der Waals surface area contributed by atoms with Crippen molar-refractivity contribution in [3.63, 3.8) is 0 Å². The summed E-state index contributed by atoms with van der Waals surface area (Å²) >= 11 is 3.59. The number of rotatable bonds is 7. The standard InChI is InChI=1S/C31H27IN2O4S/c1-4-37-30(36)27-20(3)33-31-34(28(27)23-11-5-19(2)6-12-23)29(35)26(39-31)17-21-9-15-25(16-10-21)38-18-22-7-13-24(32)14-8-22/h5-17,28H,4,18H2,1-3H3/b26-17+/t28-/m0/s1. The lowest BCUT2D eigenvalue weighted by atomic mass is 9.95. The van der Waals surface area contributed by atoms with Gasteiger partial charge in [0.1, 0.15) is 12.4 Å². The molecule has 0 amide bonds. The smallest absolute Gasteiger partial charge is 0.338 e. The van der Waals surface area contributed by atoms with Gasteiger partial charge in [0.05, 0.1) is 28.5 Å². The predicted molar refractivity (Wildman–Crippen MR) is 162 cm³/mol. The van der Waals surface area contributed by atoms with Crippen molar-refractivity contribution in [1.29, 1.82) is 0 Å². The summed E-state index contributed by atoms with van der Waals surface area (Å²) in [6.07, 6.45) is 1.85. The summed E-state index contributed by atoms with van der Waals surface area (Å²) in [5.41, 5.74) is 4.64. The van der Waals surface area contributed by atoms with E-state index in [2.05, 4.69) is 51.8 Å². The van der Waals surface area contributed by atoms with Crippen LogP contribution in [0.25, 0.3) is 6.08 Å². The van der Waals surface area contributed by atoms with Crippen molar-refractivity contribution in [2.75, 3.05) is 6.61 Å². The summed E-state index contributed by atoms with van der Waals surface area (Å²) in [6, 6.07) is 23.1. The Kier molecular flexibility index (Phi) is 8.13. The SMILES string of the molecule is CCOC(=O)C1=C(C)N=c2s/c(=C/c3ccc(OCc4ccc(I)cc4)cc3)c(=O)n2[C@H]1c1ccc(C)cc1. The number of carbonyl (C=O) groups excluding carboxylic acids is 1. The summed E-state index contributed by atoms with van der Waals surface area (Å²) in [7, 11) is 0. The van der Waals surface area contributed by atoms with E-state index in [0.717, 1.165) is 28.0 Å². The molecule has 0 spiro atoms. The summed E-state index contributed by atoms with van der Waals surface area (Å²) < 4.78 is 14.6. The highest BCUT2D eigenvalue weighted by molar-refractivity contribution is 14.1. The number of hydrogen-bond donors (Lipinski definition) is 0. The topological polar surface area (TPSA) is 69.9 Å². The van der Waals surface area contributed by atoms with Crippen molar-refractivity contribution in [3.05, 3.63) is 130 Å². The molecule has 0 N–H and O–H groups in total. The molecule has 1 aliphatic heterocycles. The maximum Gasteiger partial charge on any atom is 0.338 e. The summed E-state index contributed by atoms with van der Waals surface area (Å²) in [5.74, 6) is 0.292. The van der Waals surface area contributed by atoms with Crippen LogP contribution in [0.3, 0.4) is 0 Å². The Balaban J connectivity index is 1.48. The largest absolute Gasteiger partial charge is 0.489 e. The molecule has 1 aliphatic rings. The molecule has 0 unspecified atom stereocenters. The van der Waals surface area contributed by atoms with Crippen molar-refractivity contribution >= 4 is 46.0 Å². The lowest BCUT2D eigenvalue weighted by Crippen LogP contribution is -2.39. The molecule has 5 rings (SSSR count). The Hall–Kier alpha value is -3.50. The second-order valence-corrected chi connectivity index (χ2v) is 11.5. The maximum absolute atomic E-state index is 13.7. The summed E-state index contributed by atoms with van der Waals surface area (Å²) in [6.45, 7) is 6.28. The van der Waals surface area contributed by atoms with Crippen LogP contribution < -0.4 is 19.6 Å². The van der Waals surface area contributed by atoms with Gasteiger partial charge in [-0.25, -0.2) is 9.79 Å². The first kappa shape index (κ1) is 27.1. The van der Waals surface area contributed by atoms with E-state index in [1.165, 1.54) is 14.9 Å². The van der Waals surface area contributed by atoms with Crippen molar-refractivity contribution < 1.29 is 14.3 Å². The first-order valence-corrected chi connectivity index (χ1v) is 14.5. The van der Waals surface area contributed by atoms with E-state index >= 15 is 0 Å². The molecule has 39 heavy (non-hydrogen) atoms. The van der Waals surface area contributed by atoms with E-state index in [-0.39, 0.29) is 12.2 Å². The molecule has 6 nitrogen and oxygen atoms in total. The highest BCUT2D eigenvalue weighted by Gasteiger charge is 2.33. The summed E-state index contributed by atoms with van der Waals surface area (Å²) in [5, 5.41) is 0. The second kappa shape index (κ2) is 11.7. The molecule has 4 aromatic rings. The van der Waals surface area contributed by atoms with Crippen LogP contribution in [0, 0.1) is 10.5 Å². The zero-order chi connectivity index (χ0) is 27.5. The van der Waals surface area contributed by atoms with Crippen LogP contribution in [0.15, 0.2) is 93.9 Å². The van der Waals surface area contributed by atoms with Crippen LogP contribution in [0.2, 0.25) is 0 Å². The average Bonchev–Trinajstić information content (AvgIpc) is 3.23. The van der Waals surface area contributed by atoms with Crippen molar-refractivity contribution in [3.8, 4) is 5.75 Å². The van der Waals surface area contributed by atoms with Crippen molar-refractivity contribution in [2.45, 2.75) is 33.4 Å². The molecule has 0 saturated heterocycles. The second-order valence-electron chi connectivity index (χ2n) is 9.20. The fourth-order valence-electron chi connectivity index (χ4n) is 4.41. The van der Waals surface area contributed by atoms with Gasteiger partial charge in [-0.3, -0.25) is 9.36 Å². The predicted octanol–water partition coefficient (Wildman–Crippen LogP) is 5.29. The Morgan fingerprint density at radius 2 is 1.72 bits per heavy atom. The highest BCUT2D eigenvalue weighted by atomic mass is 127. The first-order valence-electron chi connectivity index (χ1n) is 12.6. The van der Waals surface area contributed by atoms with Gasteiger partial charge in [0.2, 0.25) is 0 Å². The number of esters is 1. The van der Waals surface area contributed by atoms with E-state index < -0.39 is 12.0 Å². The van der Waals surface area contributed by atoms with E-state index in [4.69, 9.17) is 9.47 Å². The quantitative estimate of drug-likeness (QED) is 0.202. The maximum atomic E-state index is 13.7. The van der Waals surface area contributed by atoms with Crippen LogP contribution in [0.1, 0.15) is 42.1 Å². The van der Waals surface area contributed by atoms with Gasteiger partial charge in [0, 0.05) is 3.57 Å². The fourth-order valence-corrected chi connectivity index (χ4v) is 5.82. The highest BCUT2D eigenvalue weighted by Crippen LogP contribution is 2.30. The van der Waals surface area contributed by atoms with Crippen LogP contribution in [-0.2, 0) is 16.1 Å². The molecule has 198 valence electrons. The van der Waals surface area contributed by atoms with Gasteiger partial charge in [0.15, 0.2) is 4.80 Å². The molecule has 0 saturated carbocycles. The van der Waals surface area contributed by atoms with E-state index in [1.54, 1.807) is 18.4 Å². The van der Waals surface area contributed by atoms with Crippen LogP contribution in [0.4, 0.5) is 0 Å². The normalized spacial score (nSPS) is 15.1. The lowest BCUT2D eigenvalue weighted by Gasteiger charge is -2.24. The number of aryl methyl sites for hydroxylation is 1. The number of thiazole rings is 1. The number of benzene rings is 3. The van der Waals surface area contributed by atoms with E-state index in [0.29, 0.717) is 27.2 Å². The minimum absolute atomic E-state index is 0.197. The first-order chi connectivity index (χ1) is 18.8. The van der Waals surface area contributed by atoms with Crippen LogP contribution in [0.5, 0.6) is 5.75 Å². The van der Waals surface area contributed by atoms with Gasteiger partial charge in [-0.05, 0) is 90.4 Å². The minimum atomic E-state index is -0.611. The Bertz CT molecular complexity index is 1720. The van der Waals surface area contributed by atoms with Gasteiger partial charge >= 0.3 is 5.97 Å². The number of ether oxygens (including phenoxy) is 2. The number of carbonyl (C=O) groups is 1. The van der Waals surface area contributed by atoms with Crippen LogP contribution >= 0.6 is 33.9 Å². The monoisotopic (exact) mass is 650 g/mol. The Morgan fingerprint density at radius 3 is 2.38 bits per heavy atom. The number of aromatic nitrogens is 1. The van der Waals surface area contributed by atoms with Gasteiger partial charge < -0.3 is 9.47 Å². The molecule has 0 bridgehead atoms. The molecule has 1 aromatic heterocycles. The Morgan fingerprint density at radius 1 is 1.03 bits per heavy atom. The van der Waals surface area contributed by atoms with E-state index in [9.17, 15) is 9.59 Å². The number of halogens is 1. The number of hydrogen-bond acceptors (Lipinski definition) is 6. The zero-order valence-corrected chi connectivity index (χ0v) is 24.8. The average molecular weight is 651 g/mol. The third-order valence-corrected chi connectivity index (χ3v) is 8.11. The summed E-state index contributed by atoms with van der Waals surface area (Å²) in [4.78, 5) is 31.9. The fraction of sp³-hybridized carbons (Fsp3) is 0.194. The minimum Gasteiger partial charge on any atom is -0.489 e. The lowest BCUT2D eigenvalue weighted by molar-refractivity contribution is -0.139.